The van der Waals surface area contributed by atoms with Gasteiger partial charge in [0.1, 0.15) is 17.0 Å². The zero-order valence-corrected chi connectivity index (χ0v) is 19.3. The van der Waals surface area contributed by atoms with Crippen molar-refractivity contribution in [3.05, 3.63) is 54.1 Å². The van der Waals surface area contributed by atoms with E-state index in [9.17, 15) is 14.4 Å². The summed E-state index contributed by atoms with van der Waals surface area (Å²) in [5.41, 5.74) is 1.07. The third-order valence-corrected chi connectivity index (χ3v) is 5.90. The molecule has 1 aliphatic heterocycles. The van der Waals surface area contributed by atoms with E-state index in [1.54, 1.807) is 38.1 Å². The summed E-state index contributed by atoms with van der Waals surface area (Å²) in [6.45, 7) is 9.91. The Morgan fingerprint density at radius 3 is 2.09 bits per heavy atom. The highest BCUT2D eigenvalue weighted by Crippen LogP contribution is 2.30. The molecule has 7 nitrogen and oxygen atoms in total. The maximum atomic E-state index is 12.2. The SMILES string of the molecule is CCC(C)(C)c1ccc(Oc2ccc(NC(=O)CCN3C(=O)NC(C)(C)C3=O)cc2)cc1. The Balaban J connectivity index is 1.52. The van der Waals surface area contributed by atoms with Crippen LogP contribution in [0, 0.1) is 0 Å². The number of ether oxygens (including phenoxy) is 1. The lowest BCUT2D eigenvalue weighted by molar-refractivity contribution is -0.130. The van der Waals surface area contributed by atoms with Gasteiger partial charge in [-0.25, -0.2) is 4.79 Å². The van der Waals surface area contributed by atoms with Gasteiger partial charge in [-0.05, 0) is 67.6 Å². The highest BCUT2D eigenvalue weighted by atomic mass is 16.5. The van der Waals surface area contributed by atoms with Gasteiger partial charge >= 0.3 is 6.03 Å². The van der Waals surface area contributed by atoms with Crippen LogP contribution < -0.4 is 15.4 Å². The molecule has 0 atom stereocenters. The van der Waals surface area contributed by atoms with Crippen molar-refractivity contribution in [2.75, 3.05) is 11.9 Å². The Labute approximate surface area is 189 Å². The number of nitrogens with zero attached hydrogens (tertiary/aromatic N) is 1. The van der Waals surface area contributed by atoms with E-state index in [-0.39, 0.29) is 30.2 Å². The van der Waals surface area contributed by atoms with Gasteiger partial charge in [-0.15, -0.1) is 0 Å². The summed E-state index contributed by atoms with van der Waals surface area (Å²) in [6, 6.07) is 14.7. The van der Waals surface area contributed by atoms with E-state index in [1.165, 1.54) is 5.56 Å². The van der Waals surface area contributed by atoms with E-state index < -0.39 is 11.6 Å². The number of nitrogens with one attached hydrogen (secondary N) is 2. The first kappa shape index (κ1) is 23.3. The average Bonchev–Trinajstić information content (AvgIpc) is 2.94. The van der Waals surface area contributed by atoms with E-state index in [1.807, 2.05) is 12.1 Å². The van der Waals surface area contributed by atoms with Crippen molar-refractivity contribution < 1.29 is 19.1 Å². The third kappa shape index (κ3) is 5.28. The lowest BCUT2D eigenvalue weighted by Gasteiger charge is -2.23. The molecule has 32 heavy (non-hydrogen) atoms. The van der Waals surface area contributed by atoms with Crippen molar-refractivity contribution >= 4 is 23.5 Å². The van der Waals surface area contributed by atoms with Gasteiger partial charge in [0.2, 0.25) is 5.91 Å². The molecule has 3 rings (SSSR count). The van der Waals surface area contributed by atoms with Gasteiger partial charge < -0.3 is 15.4 Å². The molecule has 170 valence electrons. The van der Waals surface area contributed by atoms with E-state index in [4.69, 9.17) is 4.74 Å². The zero-order valence-electron chi connectivity index (χ0n) is 19.3. The van der Waals surface area contributed by atoms with Crippen LogP contribution in [0.3, 0.4) is 0 Å². The Bertz CT molecular complexity index is 995. The summed E-state index contributed by atoms with van der Waals surface area (Å²) in [7, 11) is 0. The summed E-state index contributed by atoms with van der Waals surface area (Å²) < 4.78 is 5.90. The molecule has 1 aliphatic rings. The molecular formula is C25H31N3O4. The number of rotatable bonds is 8. The van der Waals surface area contributed by atoms with Gasteiger partial charge in [0, 0.05) is 18.7 Å². The first-order chi connectivity index (χ1) is 15.0. The molecule has 2 aromatic carbocycles. The van der Waals surface area contributed by atoms with Gasteiger partial charge in [0.15, 0.2) is 0 Å². The molecule has 1 fully saturated rings. The number of urea groups is 1. The van der Waals surface area contributed by atoms with Crippen molar-refractivity contribution in [1.29, 1.82) is 0 Å². The summed E-state index contributed by atoms with van der Waals surface area (Å²) in [4.78, 5) is 37.4. The fourth-order valence-electron chi connectivity index (χ4n) is 3.38. The highest BCUT2D eigenvalue weighted by molar-refractivity contribution is 6.06. The molecule has 0 unspecified atom stereocenters. The van der Waals surface area contributed by atoms with Crippen LogP contribution in [0.15, 0.2) is 48.5 Å². The second-order valence-corrected chi connectivity index (χ2v) is 9.20. The van der Waals surface area contributed by atoms with E-state index >= 15 is 0 Å². The highest BCUT2D eigenvalue weighted by Gasteiger charge is 2.43. The van der Waals surface area contributed by atoms with Crippen molar-refractivity contribution in [1.82, 2.24) is 10.2 Å². The van der Waals surface area contributed by atoms with Crippen LogP contribution in [-0.2, 0) is 15.0 Å². The van der Waals surface area contributed by atoms with E-state index in [0.717, 1.165) is 17.1 Å². The smallest absolute Gasteiger partial charge is 0.325 e. The lowest BCUT2D eigenvalue weighted by Crippen LogP contribution is -2.40. The van der Waals surface area contributed by atoms with Crippen molar-refractivity contribution in [2.24, 2.45) is 0 Å². The molecular weight excluding hydrogens is 406 g/mol. The summed E-state index contributed by atoms with van der Waals surface area (Å²) >= 11 is 0. The van der Waals surface area contributed by atoms with Crippen LogP contribution in [0.25, 0.3) is 0 Å². The molecule has 0 aliphatic carbocycles. The topological polar surface area (TPSA) is 87.7 Å². The van der Waals surface area contributed by atoms with Crippen molar-refractivity contribution in [3.8, 4) is 11.5 Å². The normalized spacial score (nSPS) is 15.5. The quantitative estimate of drug-likeness (QED) is 0.579. The fourth-order valence-corrected chi connectivity index (χ4v) is 3.38. The molecule has 1 saturated heterocycles. The Kier molecular flexibility index (Phi) is 6.57. The number of carbonyl (C=O) groups excluding carboxylic acids is 3. The Hall–Kier alpha value is -3.35. The average molecular weight is 438 g/mol. The van der Waals surface area contributed by atoms with Gasteiger partial charge in [0.05, 0.1) is 0 Å². The zero-order chi connectivity index (χ0) is 23.5. The largest absolute Gasteiger partial charge is 0.457 e. The van der Waals surface area contributed by atoms with Gasteiger partial charge in [-0.1, -0.05) is 32.9 Å². The minimum atomic E-state index is -0.935. The number of carbonyl (C=O) groups is 3. The van der Waals surface area contributed by atoms with Gasteiger partial charge in [0.25, 0.3) is 5.91 Å². The summed E-state index contributed by atoms with van der Waals surface area (Å²) in [5, 5.41) is 5.37. The maximum absolute atomic E-state index is 12.2. The first-order valence-electron chi connectivity index (χ1n) is 10.8. The molecule has 0 bridgehead atoms. The van der Waals surface area contributed by atoms with Crippen LogP contribution in [0.4, 0.5) is 10.5 Å². The minimum absolute atomic E-state index is 0.0218. The summed E-state index contributed by atoms with van der Waals surface area (Å²) in [5.74, 6) is 0.794. The Morgan fingerprint density at radius 1 is 1.03 bits per heavy atom. The van der Waals surface area contributed by atoms with Crippen LogP contribution in [-0.4, -0.2) is 34.8 Å². The predicted octanol–water partition coefficient (Wildman–Crippen LogP) is 4.83. The Morgan fingerprint density at radius 2 is 1.59 bits per heavy atom. The molecule has 2 aromatic rings. The van der Waals surface area contributed by atoms with Crippen molar-refractivity contribution in [3.63, 3.8) is 0 Å². The maximum Gasteiger partial charge on any atom is 0.325 e. The molecule has 4 amide bonds. The minimum Gasteiger partial charge on any atom is -0.457 e. The number of benzene rings is 2. The molecule has 2 N–H and O–H groups in total. The van der Waals surface area contributed by atoms with Gasteiger partial charge in [-0.2, -0.15) is 0 Å². The molecule has 0 radical (unpaired) electrons. The number of hydrogen-bond donors (Lipinski definition) is 2. The standard InChI is InChI=1S/C25H31N3O4/c1-6-24(2,3)17-7-11-19(12-8-17)32-20-13-9-18(10-14-20)26-21(29)15-16-28-22(30)25(4,5)27-23(28)31/h7-14H,6,15-16H2,1-5H3,(H,26,29)(H,27,31). The number of hydrogen-bond acceptors (Lipinski definition) is 4. The number of imide groups is 1. The number of amides is 4. The van der Waals surface area contributed by atoms with Crippen LogP contribution >= 0.6 is 0 Å². The first-order valence-corrected chi connectivity index (χ1v) is 10.8. The van der Waals surface area contributed by atoms with E-state index in [2.05, 4.69) is 43.5 Å². The van der Waals surface area contributed by atoms with Crippen LogP contribution in [0.1, 0.15) is 53.0 Å². The molecule has 0 spiro atoms. The summed E-state index contributed by atoms with van der Waals surface area (Å²) in [6.07, 6.45) is 1.08. The van der Waals surface area contributed by atoms with Crippen molar-refractivity contribution in [2.45, 2.75) is 58.4 Å². The predicted molar refractivity (Wildman–Crippen MR) is 124 cm³/mol. The molecule has 0 saturated carbocycles. The molecule has 7 heteroatoms. The third-order valence-electron chi connectivity index (χ3n) is 5.90. The molecule has 1 heterocycles. The van der Waals surface area contributed by atoms with Gasteiger partial charge in [-0.3, -0.25) is 14.5 Å². The monoisotopic (exact) mass is 437 g/mol. The van der Waals surface area contributed by atoms with Crippen LogP contribution in [0.5, 0.6) is 11.5 Å². The second-order valence-electron chi connectivity index (χ2n) is 9.20. The van der Waals surface area contributed by atoms with Crippen LogP contribution in [0.2, 0.25) is 0 Å². The second kappa shape index (κ2) is 9.02. The molecule has 0 aromatic heterocycles. The van der Waals surface area contributed by atoms with E-state index in [0.29, 0.717) is 11.4 Å². The number of anilines is 1. The lowest BCUT2D eigenvalue weighted by atomic mass is 9.82. The fraction of sp³-hybridized carbons (Fsp3) is 0.400.